The number of fused-ring (bicyclic) bond motifs is 1. The van der Waals surface area contributed by atoms with Crippen molar-refractivity contribution >= 4 is 11.6 Å². The molecule has 0 saturated carbocycles. The van der Waals surface area contributed by atoms with Gasteiger partial charge >= 0.3 is 6.01 Å². The van der Waals surface area contributed by atoms with Gasteiger partial charge in [0.05, 0.1) is 48.0 Å². The Morgan fingerprint density at radius 3 is 2.46 bits per heavy atom. The van der Waals surface area contributed by atoms with Crippen LogP contribution < -0.4 is 9.64 Å². The van der Waals surface area contributed by atoms with Crippen molar-refractivity contribution < 1.29 is 9.53 Å². The van der Waals surface area contributed by atoms with Crippen LogP contribution in [0.2, 0.25) is 0 Å². The van der Waals surface area contributed by atoms with Gasteiger partial charge in [0.15, 0.2) is 0 Å². The van der Waals surface area contributed by atoms with Crippen LogP contribution in [0.5, 0.6) is 6.01 Å². The van der Waals surface area contributed by atoms with Gasteiger partial charge in [0.25, 0.3) is 5.91 Å². The molecule has 0 atom stereocenters. The number of aromatic nitrogens is 5. The first-order valence-electron chi connectivity index (χ1n) is 9.02. The third kappa shape index (κ3) is 3.00. The first-order valence-corrected chi connectivity index (χ1v) is 9.02. The van der Waals surface area contributed by atoms with Crippen LogP contribution in [0, 0.1) is 6.92 Å². The van der Waals surface area contributed by atoms with Crippen LogP contribution in [-0.2, 0) is 12.1 Å². The lowest BCUT2D eigenvalue weighted by Gasteiger charge is -2.19. The van der Waals surface area contributed by atoms with E-state index in [0.717, 1.165) is 28.2 Å². The van der Waals surface area contributed by atoms with Gasteiger partial charge in [-0.15, -0.1) is 0 Å². The molecule has 1 aliphatic rings. The number of hydrogen-bond donors (Lipinski definition) is 0. The summed E-state index contributed by atoms with van der Waals surface area (Å²) in [6.45, 7) is 8.54. The van der Waals surface area contributed by atoms with E-state index >= 15 is 0 Å². The molecular formula is C20H22N6O2. The maximum absolute atomic E-state index is 13.0. The molecule has 28 heavy (non-hydrogen) atoms. The van der Waals surface area contributed by atoms with Crippen LogP contribution in [0.15, 0.2) is 30.9 Å². The summed E-state index contributed by atoms with van der Waals surface area (Å²) in [6.07, 6.45) is 6.96. The molecule has 144 valence electrons. The number of rotatable bonds is 3. The molecule has 0 radical (unpaired) electrons. The van der Waals surface area contributed by atoms with Crippen molar-refractivity contribution in [3.8, 4) is 17.3 Å². The van der Waals surface area contributed by atoms with Crippen LogP contribution in [0.25, 0.3) is 11.3 Å². The molecule has 8 heteroatoms. The van der Waals surface area contributed by atoms with Crippen LogP contribution >= 0.6 is 0 Å². The summed E-state index contributed by atoms with van der Waals surface area (Å²) in [6, 6.07) is 2.20. The molecular weight excluding hydrogens is 356 g/mol. The zero-order valence-electron chi connectivity index (χ0n) is 16.6. The van der Waals surface area contributed by atoms with E-state index < -0.39 is 0 Å². The highest BCUT2D eigenvalue weighted by atomic mass is 16.5. The highest BCUT2D eigenvalue weighted by molar-refractivity contribution is 6.10. The Bertz CT molecular complexity index is 1050. The van der Waals surface area contributed by atoms with E-state index in [9.17, 15) is 4.79 Å². The molecule has 1 amide bonds. The molecule has 0 spiro atoms. The molecule has 0 saturated heterocycles. The smallest absolute Gasteiger partial charge is 0.316 e. The molecule has 0 aromatic carbocycles. The second kappa shape index (κ2) is 6.40. The third-order valence-electron chi connectivity index (χ3n) is 4.73. The highest BCUT2D eigenvalue weighted by Gasteiger charge is 2.33. The molecule has 0 fully saturated rings. The lowest BCUT2D eigenvalue weighted by Crippen LogP contribution is -2.24. The van der Waals surface area contributed by atoms with Gasteiger partial charge in [0.2, 0.25) is 0 Å². The van der Waals surface area contributed by atoms with Crippen molar-refractivity contribution in [1.82, 2.24) is 24.7 Å². The summed E-state index contributed by atoms with van der Waals surface area (Å²) in [5, 5.41) is 4.41. The topological polar surface area (TPSA) is 86.0 Å². The number of carbonyl (C=O) groups excluding carboxylic acids is 1. The molecule has 4 heterocycles. The van der Waals surface area contributed by atoms with E-state index in [1.807, 2.05) is 23.9 Å². The predicted molar refractivity (Wildman–Crippen MR) is 104 cm³/mol. The van der Waals surface area contributed by atoms with E-state index in [-0.39, 0.29) is 11.4 Å². The number of nitrogens with zero attached hydrogens (tertiary/aromatic N) is 6. The minimum atomic E-state index is -0.149. The van der Waals surface area contributed by atoms with Gasteiger partial charge in [0, 0.05) is 24.2 Å². The van der Waals surface area contributed by atoms with Crippen molar-refractivity contribution in [2.24, 2.45) is 0 Å². The molecule has 4 rings (SSSR count). The Balaban J connectivity index is 1.68. The number of pyridine rings is 1. The van der Waals surface area contributed by atoms with E-state index in [4.69, 9.17) is 9.72 Å². The minimum Gasteiger partial charge on any atom is -0.467 e. The van der Waals surface area contributed by atoms with Crippen molar-refractivity contribution in [2.45, 2.75) is 39.8 Å². The zero-order valence-corrected chi connectivity index (χ0v) is 16.6. The summed E-state index contributed by atoms with van der Waals surface area (Å²) in [5.41, 5.74) is 4.42. The van der Waals surface area contributed by atoms with Gasteiger partial charge in [-0.1, -0.05) is 0 Å². The average Bonchev–Trinajstić information content (AvgIpc) is 3.27. The lowest BCUT2D eigenvalue weighted by atomic mass is 10.1. The summed E-state index contributed by atoms with van der Waals surface area (Å²) < 4.78 is 6.86. The van der Waals surface area contributed by atoms with E-state index in [1.165, 1.54) is 7.11 Å². The number of amides is 1. The van der Waals surface area contributed by atoms with E-state index in [2.05, 4.69) is 35.8 Å². The number of methoxy groups -OCH3 is 1. The SMILES string of the molecule is COc1ncc(-c2cc(C)c3c(n2)CN(c2cnn(C(C)(C)C)c2)C3=O)cn1. The fraction of sp³-hybridized carbons (Fsp3) is 0.350. The summed E-state index contributed by atoms with van der Waals surface area (Å²) >= 11 is 0. The van der Waals surface area contributed by atoms with Crippen molar-refractivity contribution in [3.63, 3.8) is 0 Å². The van der Waals surface area contributed by atoms with Gasteiger partial charge in [-0.2, -0.15) is 5.10 Å². The van der Waals surface area contributed by atoms with Gasteiger partial charge in [-0.05, 0) is 39.3 Å². The molecule has 0 bridgehead atoms. The zero-order chi connectivity index (χ0) is 20.1. The van der Waals surface area contributed by atoms with E-state index in [0.29, 0.717) is 18.1 Å². The third-order valence-corrected chi connectivity index (χ3v) is 4.73. The fourth-order valence-electron chi connectivity index (χ4n) is 3.23. The largest absolute Gasteiger partial charge is 0.467 e. The average molecular weight is 378 g/mol. The van der Waals surface area contributed by atoms with Gasteiger partial charge < -0.3 is 4.74 Å². The van der Waals surface area contributed by atoms with Crippen molar-refractivity contribution in [3.05, 3.63) is 47.7 Å². The second-order valence-electron chi connectivity index (χ2n) is 7.81. The molecule has 0 unspecified atom stereocenters. The minimum absolute atomic E-state index is 0.0500. The first-order chi connectivity index (χ1) is 13.3. The van der Waals surface area contributed by atoms with Gasteiger partial charge in [-0.25, -0.2) is 15.0 Å². The van der Waals surface area contributed by atoms with Crippen LogP contribution in [-0.4, -0.2) is 37.7 Å². The monoisotopic (exact) mass is 378 g/mol. The molecule has 0 aliphatic carbocycles. The number of carbonyl (C=O) groups is 1. The molecule has 3 aromatic rings. The Labute approximate surface area is 163 Å². The second-order valence-corrected chi connectivity index (χ2v) is 7.81. The van der Waals surface area contributed by atoms with Crippen LogP contribution in [0.4, 0.5) is 5.69 Å². The summed E-state index contributed by atoms with van der Waals surface area (Å²) in [4.78, 5) is 27.7. The molecule has 8 nitrogen and oxygen atoms in total. The van der Waals surface area contributed by atoms with Gasteiger partial charge in [-0.3, -0.25) is 14.4 Å². The standard InChI is InChI=1S/C20H22N6O2/c1-12-6-15(13-7-21-19(28-5)22-8-13)24-16-11-25(18(27)17(12)16)14-9-23-26(10-14)20(2,3)4/h6-10H,11H2,1-5H3. The molecule has 1 aliphatic heterocycles. The molecule has 3 aromatic heterocycles. The van der Waals surface area contributed by atoms with Crippen LogP contribution in [0.3, 0.4) is 0 Å². The fourth-order valence-corrected chi connectivity index (χ4v) is 3.23. The van der Waals surface area contributed by atoms with Crippen LogP contribution in [0.1, 0.15) is 42.4 Å². The van der Waals surface area contributed by atoms with E-state index in [1.54, 1.807) is 23.5 Å². The predicted octanol–water partition coefficient (Wildman–Crippen LogP) is 2.97. The first kappa shape index (κ1) is 18.1. The highest BCUT2D eigenvalue weighted by Crippen LogP contribution is 2.32. The van der Waals surface area contributed by atoms with Crippen molar-refractivity contribution in [1.29, 1.82) is 0 Å². The number of ether oxygens (including phenoxy) is 1. The maximum Gasteiger partial charge on any atom is 0.316 e. The van der Waals surface area contributed by atoms with Gasteiger partial charge in [0.1, 0.15) is 0 Å². The molecule has 0 N–H and O–H groups in total. The number of aryl methyl sites for hydroxylation is 1. The normalized spacial score (nSPS) is 13.8. The Hall–Kier alpha value is -3.29. The quantitative estimate of drug-likeness (QED) is 0.696. The number of anilines is 1. The summed E-state index contributed by atoms with van der Waals surface area (Å²) in [5.74, 6) is -0.0500. The van der Waals surface area contributed by atoms with Crippen molar-refractivity contribution in [2.75, 3.05) is 12.0 Å². The summed E-state index contributed by atoms with van der Waals surface area (Å²) in [7, 11) is 1.52. The Kier molecular flexibility index (Phi) is 4.14. The lowest BCUT2D eigenvalue weighted by molar-refractivity contribution is 0.0996. The Morgan fingerprint density at radius 1 is 1.14 bits per heavy atom. The number of hydrogen-bond acceptors (Lipinski definition) is 6. The maximum atomic E-state index is 13.0. The Morgan fingerprint density at radius 2 is 1.86 bits per heavy atom.